The van der Waals surface area contributed by atoms with Crippen LogP contribution < -0.4 is 7.16 Å². The monoisotopic (exact) mass is 388 g/mol. The molecule has 0 bridgehead atoms. The van der Waals surface area contributed by atoms with Gasteiger partial charge in [-0.25, -0.2) is 0 Å². The van der Waals surface area contributed by atoms with Gasteiger partial charge in [-0.3, -0.25) is 0 Å². The van der Waals surface area contributed by atoms with Gasteiger partial charge in [0.2, 0.25) is 0 Å². The Kier molecular flexibility index (Phi) is 3.79. The van der Waals surface area contributed by atoms with E-state index in [1.807, 2.05) is 60.7 Å². The van der Waals surface area contributed by atoms with Crippen LogP contribution in [0.5, 0.6) is 0 Å². The summed E-state index contributed by atoms with van der Waals surface area (Å²) in [6.45, 7) is 0. The van der Waals surface area contributed by atoms with E-state index in [0.717, 1.165) is 19.3 Å². The van der Waals surface area contributed by atoms with E-state index in [-0.39, 0.29) is 0 Å². The van der Waals surface area contributed by atoms with E-state index in [4.69, 9.17) is 6.15 Å². The molecule has 0 spiro atoms. The molecule has 0 radical (unpaired) electrons. The summed E-state index contributed by atoms with van der Waals surface area (Å²) in [5.74, 6) is -1.08. The third-order valence-electron chi connectivity index (χ3n) is 3.15. The molecule has 0 atom stereocenters. The second-order valence-corrected chi connectivity index (χ2v) is 12.5. The molecule has 5 heteroatoms. The van der Waals surface area contributed by atoms with E-state index in [0.29, 0.717) is 0 Å². The second kappa shape index (κ2) is 5.73. The molecule has 2 aromatic carbocycles. The van der Waals surface area contributed by atoms with Gasteiger partial charge in [0.25, 0.3) is 0 Å². The zero-order chi connectivity index (χ0) is 14.7. The van der Waals surface area contributed by atoms with Crippen LogP contribution in [0.25, 0.3) is 0 Å². The fourth-order valence-electron chi connectivity index (χ4n) is 2.23. The molecule has 4 nitrogen and oxygen atoms in total. The Morgan fingerprint density at radius 1 is 0.619 bits per heavy atom. The van der Waals surface area contributed by atoms with Gasteiger partial charge in [0.05, 0.1) is 0 Å². The van der Waals surface area contributed by atoms with Gasteiger partial charge in [-0.1, -0.05) is 0 Å². The van der Waals surface area contributed by atoms with Crippen molar-refractivity contribution >= 4 is 38.3 Å². The number of hydrogen-bond acceptors (Lipinski definition) is 4. The Bertz CT molecular complexity index is 633. The average Bonchev–Trinajstić information content (AvgIpc) is 2.69. The summed E-state index contributed by atoms with van der Waals surface area (Å²) >= 11 is -4.30. The summed E-state index contributed by atoms with van der Waals surface area (Å²) in [6, 6.07) is 18.5. The molecule has 1 aliphatic heterocycles. The third-order valence-corrected chi connectivity index (χ3v) is 12.2. The summed E-state index contributed by atoms with van der Waals surface area (Å²) < 4.78 is 12.9. The topological polar surface area (TPSA) is 52.6 Å². The van der Waals surface area contributed by atoms with Gasteiger partial charge in [0, 0.05) is 0 Å². The molecule has 0 N–H and O–H groups in total. The molecule has 21 heavy (non-hydrogen) atoms. The fraction of sp³-hybridized carbons (Fsp3) is 0. The standard InChI is InChI=1S/2C6H5.C4H4O4.Sn/c2*1-2-4-6-5-3-1;5-3(6)1-2-4(7)8;/h2*1-5H;1-2H,(H,5,6)(H,7,8);/q;;;+2/p-2. The Balaban J connectivity index is 2.20. The zero-order valence-corrected chi connectivity index (χ0v) is 13.9. The molecule has 0 aromatic heterocycles. The minimum atomic E-state index is -4.30. The summed E-state index contributed by atoms with van der Waals surface area (Å²) in [4.78, 5) is 23.8. The number of benzene rings is 2. The molecule has 1 aliphatic rings. The Labute approximate surface area is 127 Å². The van der Waals surface area contributed by atoms with E-state index in [2.05, 4.69) is 0 Å². The Morgan fingerprint density at radius 3 is 1.38 bits per heavy atom. The van der Waals surface area contributed by atoms with Gasteiger partial charge >= 0.3 is 127 Å². The molecule has 0 aliphatic carbocycles. The average molecular weight is 387 g/mol. The van der Waals surface area contributed by atoms with Crippen molar-refractivity contribution in [2.75, 3.05) is 0 Å². The number of carbonyl (C=O) groups excluding carboxylic acids is 2. The minimum absolute atomic E-state index is 0.538. The number of carbonyl (C=O) groups is 2. The van der Waals surface area contributed by atoms with Crippen molar-refractivity contribution in [2.24, 2.45) is 0 Å². The first-order valence-corrected chi connectivity index (χ1v) is 11.6. The molecule has 1 heterocycles. The third kappa shape index (κ3) is 2.71. The van der Waals surface area contributed by atoms with Crippen molar-refractivity contribution in [2.45, 2.75) is 0 Å². The van der Waals surface area contributed by atoms with Crippen LogP contribution in [0.15, 0.2) is 72.8 Å². The predicted molar refractivity (Wildman–Crippen MR) is 79.2 cm³/mol. The summed E-state index contributed by atoms with van der Waals surface area (Å²) in [6.07, 6.45) is 2.24. The first-order valence-electron chi connectivity index (χ1n) is 6.46. The van der Waals surface area contributed by atoms with Crippen LogP contribution in [0.3, 0.4) is 0 Å². The van der Waals surface area contributed by atoms with Gasteiger partial charge in [-0.2, -0.15) is 0 Å². The van der Waals surface area contributed by atoms with Crippen LogP contribution in [0.1, 0.15) is 0 Å². The quantitative estimate of drug-likeness (QED) is 0.719. The SMILES string of the molecule is O=C1C=CC(=O)[O][Sn]([c]2ccccc2)([c]2ccccc2)[O]1. The molecule has 0 saturated heterocycles. The van der Waals surface area contributed by atoms with Crippen LogP contribution in [0, 0.1) is 0 Å². The molecule has 0 fully saturated rings. The van der Waals surface area contributed by atoms with Crippen LogP contribution in [0.2, 0.25) is 0 Å². The number of rotatable bonds is 2. The maximum atomic E-state index is 11.9. The van der Waals surface area contributed by atoms with E-state index in [1.54, 1.807) is 0 Å². The van der Waals surface area contributed by atoms with Crippen molar-refractivity contribution in [3.8, 4) is 0 Å². The summed E-state index contributed by atoms with van der Waals surface area (Å²) in [7, 11) is 0. The predicted octanol–water partition coefficient (Wildman–Crippen LogP) is 0.899. The van der Waals surface area contributed by atoms with Crippen molar-refractivity contribution in [3.05, 3.63) is 72.8 Å². The zero-order valence-electron chi connectivity index (χ0n) is 11.1. The first-order chi connectivity index (χ1) is 10.2. The molecule has 0 saturated carbocycles. The van der Waals surface area contributed by atoms with Crippen LogP contribution in [0.4, 0.5) is 0 Å². The van der Waals surface area contributed by atoms with Gasteiger partial charge in [0.1, 0.15) is 0 Å². The van der Waals surface area contributed by atoms with Gasteiger partial charge in [-0.05, 0) is 0 Å². The van der Waals surface area contributed by atoms with E-state index in [1.165, 1.54) is 0 Å². The Morgan fingerprint density at radius 2 is 1.00 bits per heavy atom. The maximum absolute atomic E-state index is 11.9. The molecule has 3 rings (SSSR count). The first kappa shape index (κ1) is 13.9. The van der Waals surface area contributed by atoms with Gasteiger partial charge < -0.3 is 0 Å². The van der Waals surface area contributed by atoms with Crippen LogP contribution >= 0.6 is 0 Å². The second-order valence-electron chi connectivity index (χ2n) is 4.52. The van der Waals surface area contributed by atoms with Crippen molar-refractivity contribution in [3.63, 3.8) is 0 Å². The number of hydrogen-bond donors (Lipinski definition) is 0. The van der Waals surface area contributed by atoms with Crippen LogP contribution in [-0.2, 0) is 15.7 Å². The summed E-state index contributed by atoms with van der Waals surface area (Å²) in [5, 5.41) is 0. The molecule has 104 valence electrons. The molecule has 2 aromatic rings. The molecule has 0 unspecified atom stereocenters. The van der Waals surface area contributed by atoms with Crippen LogP contribution in [-0.4, -0.2) is 31.1 Å². The molecule has 0 amide bonds. The van der Waals surface area contributed by atoms with Gasteiger partial charge in [-0.15, -0.1) is 0 Å². The fourth-order valence-corrected chi connectivity index (χ4v) is 10.3. The van der Waals surface area contributed by atoms with Crippen molar-refractivity contribution in [1.82, 2.24) is 0 Å². The van der Waals surface area contributed by atoms with Crippen molar-refractivity contribution < 1.29 is 15.7 Å². The van der Waals surface area contributed by atoms with E-state index in [9.17, 15) is 9.59 Å². The molecular weight excluding hydrogens is 375 g/mol. The van der Waals surface area contributed by atoms with E-state index >= 15 is 0 Å². The molecular formula is C16H12O4Sn. The normalized spacial score (nSPS) is 16.8. The Hall–Kier alpha value is -2.08. The van der Waals surface area contributed by atoms with Crippen molar-refractivity contribution in [1.29, 1.82) is 0 Å². The summed E-state index contributed by atoms with van der Waals surface area (Å²) in [5.41, 5.74) is 0. The van der Waals surface area contributed by atoms with Gasteiger partial charge in [0.15, 0.2) is 0 Å². The van der Waals surface area contributed by atoms with E-state index < -0.39 is 31.1 Å².